The predicted molar refractivity (Wildman–Crippen MR) is 74.5 cm³/mol. The summed E-state index contributed by atoms with van der Waals surface area (Å²) in [6.45, 7) is 2.26. The third-order valence-corrected chi connectivity index (χ3v) is 3.99. The van der Waals surface area contributed by atoms with E-state index in [1.165, 1.54) is 25.0 Å². The van der Waals surface area contributed by atoms with Gasteiger partial charge < -0.3 is 10.3 Å². The third kappa shape index (κ3) is 2.53. The molecule has 1 aromatic carbocycles. The molecule has 5 heteroatoms. The topological polar surface area (TPSA) is 64.9 Å². The van der Waals surface area contributed by atoms with Crippen molar-refractivity contribution in [2.24, 2.45) is 5.92 Å². The molecule has 0 spiro atoms. The van der Waals surface area contributed by atoms with Crippen LogP contribution in [0.25, 0.3) is 11.5 Å². The highest BCUT2D eigenvalue weighted by molar-refractivity contribution is 5.70. The highest BCUT2D eigenvalue weighted by Gasteiger charge is 2.25. The van der Waals surface area contributed by atoms with Gasteiger partial charge in [0.05, 0.1) is 5.56 Å². The van der Waals surface area contributed by atoms with Crippen molar-refractivity contribution in [3.8, 4) is 11.5 Å². The Labute approximate surface area is 117 Å². The second-order valence-electron chi connectivity index (χ2n) is 5.66. The molecule has 1 aliphatic rings. The van der Waals surface area contributed by atoms with E-state index in [0.29, 0.717) is 29.0 Å². The van der Waals surface area contributed by atoms with E-state index in [2.05, 4.69) is 17.1 Å². The molecule has 0 radical (unpaired) electrons. The van der Waals surface area contributed by atoms with Crippen LogP contribution in [0.15, 0.2) is 22.7 Å². The quantitative estimate of drug-likeness (QED) is 0.848. The zero-order chi connectivity index (χ0) is 14.1. The van der Waals surface area contributed by atoms with E-state index < -0.39 is 0 Å². The maximum absolute atomic E-state index is 13.1. The molecule has 0 bridgehead atoms. The van der Waals surface area contributed by atoms with Crippen LogP contribution in [0, 0.1) is 11.7 Å². The summed E-state index contributed by atoms with van der Waals surface area (Å²) in [6, 6.07) is 4.19. The molecule has 2 unspecified atom stereocenters. The van der Waals surface area contributed by atoms with Gasteiger partial charge in [-0.1, -0.05) is 24.9 Å². The molecule has 1 aliphatic carbocycles. The molecule has 20 heavy (non-hydrogen) atoms. The molecule has 1 heterocycles. The normalized spacial score (nSPS) is 22.9. The van der Waals surface area contributed by atoms with Crippen LogP contribution in [0.4, 0.5) is 10.1 Å². The Morgan fingerprint density at radius 3 is 2.95 bits per heavy atom. The van der Waals surface area contributed by atoms with Gasteiger partial charge in [0.1, 0.15) is 5.82 Å². The minimum Gasteiger partial charge on any atom is -0.398 e. The number of nitrogens with zero attached hydrogens (tertiary/aromatic N) is 2. The molecule has 0 aliphatic heterocycles. The maximum Gasteiger partial charge on any atom is 0.260 e. The van der Waals surface area contributed by atoms with Crippen LogP contribution in [-0.4, -0.2) is 10.1 Å². The first-order chi connectivity index (χ1) is 9.63. The van der Waals surface area contributed by atoms with Gasteiger partial charge >= 0.3 is 0 Å². The van der Waals surface area contributed by atoms with E-state index >= 15 is 0 Å². The lowest BCUT2D eigenvalue weighted by Crippen LogP contribution is -2.12. The summed E-state index contributed by atoms with van der Waals surface area (Å²) in [5.41, 5.74) is 6.70. The zero-order valence-corrected chi connectivity index (χ0v) is 11.5. The highest BCUT2D eigenvalue weighted by atomic mass is 19.1. The van der Waals surface area contributed by atoms with E-state index in [4.69, 9.17) is 10.3 Å². The average Bonchev–Trinajstić information content (AvgIpc) is 2.88. The molecule has 1 aromatic heterocycles. The smallest absolute Gasteiger partial charge is 0.260 e. The number of hydrogen-bond donors (Lipinski definition) is 1. The molecule has 3 rings (SSSR count). The third-order valence-electron chi connectivity index (χ3n) is 3.99. The summed E-state index contributed by atoms with van der Waals surface area (Å²) in [4.78, 5) is 4.45. The van der Waals surface area contributed by atoms with Gasteiger partial charge in [-0.3, -0.25) is 0 Å². The lowest BCUT2D eigenvalue weighted by molar-refractivity contribution is 0.324. The number of halogens is 1. The zero-order valence-electron chi connectivity index (χ0n) is 11.5. The number of nitrogens with two attached hydrogens (primary N) is 1. The molecule has 106 valence electrons. The Morgan fingerprint density at radius 1 is 1.35 bits per heavy atom. The molecule has 2 atom stereocenters. The predicted octanol–water partition coefficient (Wildman–Crippen LogP) is 3.75. The van der Waals surface area contributed by atoms with Crippen LogP contribution in [0.2, 0.25) is 0 Å². The second kappa shape index (κ2) is 5.23. The van der Waals surface area contributed by atoms with E-state index in [9.17, 15) is 4.39 Å². The fourth-order valence-corrected chi connectivity index (χ4v) is 2.91. The van der Waals surface area contributed by atoms with Crippen molar-refractivity contribution >= 4 is 5.69 Å². The number of anilines is 1. The Bertz CT molecular complexity index is 611. The van der Waals surface area contributed by atoms with E-state index in [0.717, 1.165) is 18.7 Å². The van der Waals surface area contributed by atoms with Crippen LogP contribution in [-0.2, 0) is 0 Å². The number of hydrogen-bond acceptors (Lipinski definition) is 4. The van der Waals surface area contributed by atoms with Crippen LogP contribution in [0.1, 0.15) is 44.3 Å². The Morgan fingerprint density at radius 2 is 2.20 bits per heavy atom. The number of aromatic nitrogens is 2. The van der Waals surface area contributed by atoms with Gasteiger partial charge in [0, 0.05) is 11.6 Å². The molecule has 2 N–H and O–H groups in total. The van der Waals surface area contributed by atoms with E-state index in [1.807, 2.05) is 0 Å². The van der Waals surface area contributed by atoms with Gasteiger partial charge in [-0.05, 0) is 37.0 Å². The molecular weight excluding hydrogens is 257 g/mol. The van der Waals surface area contributed by atoms with Crippen LogP contribution < -0.4 is 5.73 Å². The van der Waals surface area contributed by atoms with Crippen molar-refractivity contribution in [2.75, 3.05) is 5.73 Å². The summed E-state index contributed by atoms with van der Waals surface area (Å²) in [5, 5.41) is 4.08. The van der Waals surface area contributed by atoms with Crippen molar-refractivity contribution in [1.29, 1.82) is 0 Å². The summed E-state index contributed by atoms with van der Waals surface area (Å²) < 4.78 is 18.4. The number of rotatable bonds is 2. The van der Waals surface area contributed by atoms with Gasteiger partial charge in [-0.2, -0.15) is 4.98 Å². The first kappa shape index (κ1) is 13.1. The highest BCUT2D eigenvalue weighted by Crippen LogP contribution is 2.35. The minimum atomic E-state index is -0.368. The molecule has 0 amide bonds. The average molecular weight is 275 g/mol. The summed E-state index contributed by atoms with van der Waals surface area (Å²) in [6.07, 6.45) is 4.67. The molecule has 1 saturated carbocycles. The van der Waals surface area contributed by atoms with Gasteiger partial charge in [-0.15, -0.1) is 0 Å². The van der Waals surface area contributed by atoms with Gasteiger partial charge in [0.2, 0.25) is 0 Å². The minimum absolute atomic E-state index is 0.317. The fourth-order valence-electron chi connectivity index (χ4n) is 2.91. The Hall–Kier alpha value is -1.91. The SMILES string of the molecule is CC1CCCC(c2noc(-c3ccc(F)cc3N)n2)C1. The summed E-state index contributed by atoms with van der Waals surface area (Å²) >= 11 is 0. The van der Waals surface area contributed by atoms with Gasteiger partial charge in [-0.25, -0.2) is 4.39 Å². The van der Waals surface area contributed by atoms with E-state index in [-0.39, 0.29) is 5.82 Å². The standard InChI is InChI=1S/C15H18FN3O/c1-9-3-2-4-10(7-9)14-18-15(20-19-14)12-6-5-11(16)8-13(12)17/h5-6,8-10H,2-4,7,17H2,1H3. The summed E-state index contributed by atoms with van der Waals surface area (Å²) in [5.74, 6) is 1.81. The van der Waals surface area contributed by atoms with Crippen LogP contribution in [0.3, 0.4) is 0 Å². The maximum atomic E-state index is 13.1. The summed E-state index contributed by atoms with van der Waals surface area (Å²) in [7, 11) is 0. The van der Waals surface area contributed by atoms with Crippen molar-refractivity contribution in [1.82, 2.24) is 10.1 Å². The van der Waals surface area contributed by atoms with Crippen molar-refractivity contribution in [2.45, 2.75) is 38.5 Å². The monoisotopic (exact) mass is 275 g/mol. The Kier molecular flexibility index (Phi) is 3.42. The molecular formula is C15H18FN3O. The van der Waals surface area contributed by atoms with Crippen molar-refractivity contribution in [3.63, 3.8) is 0 Å². The largest absolute Gasteiger partial charge is 0.398 e. The molecule has 1 fully saturated rings. The molecule has 0 saturated heterocycles. The first-order valence-electron chi connectivity index (χ1n) is 7.02. The molecule has 2 aromatic rings. The second-order valence-corrected chi connectivity index (χ2v) is 5.66. The molecule has 4 nitrogen and oxygen atoms in total. The van der Waals surface area contributed by atoms with Crippen LogP contribution >= 0.6 is 0 Å². The van der Waals surface area contributed by atoms with E-state index in [1.54, 1.807) is 6.07 Å². The van der Waals surface area contributed by atoms with Gasteiger partial charge in [0.15, 0.2) is 5.82 Å². The first-order valence-corrected chi connectivity index (χ1v) is 7.02. The number of benzene rings is 1. The Balaban J connectivity index is 1.86. The van der Waals surface area contributed by atoms with Gasteiger partial charge in [0.25, 0.3) is 5.89 Å². The fraction of sp³-hybridized carbons (Fsp3) is 0.467. The van der Waals surface area contributed by atoms with Crippen molar-refractivity contribution in [3.05, 3.63) is 29.8 Å². The van der Waals surface area contributed by atoms with Crippen LogP contribution in [0.5, 0.6) is 0 Å². The number of nitrogen functional groups attached to an aromatic ring is 1. The van der Waals surface area contributed by atoms with Crippen molar-refractivity contribution < 1.29 is 8.91 Å². The lowest BCUT2D eigenvalue weighted by Gasteiger charge is -2.23. The lowest BCUT2D eigenvalue weighted by atomic mass is 9.82.